The molecule has 2 unspecified atom stereocenters. The first-order valence-electron chi connectivity index (χ1n) is 7.10. The molecule has 0 amide bonds. The summed E-state index contributed by atoms with van der Waals surface area (Å²) in [6.07, 6.45) is 7.58. The molecule has 6 heteroatoms. The van der Waals surface area contributed by atoms with Crippen molar-refractivity contribution in [3.05, 3.63) is 11.5 Å². The highest BCUT2D eigenvalue weighted by atomic mass is 32.2. The molecule has 1 aliphatic rings. The van der Waals surface area contributed by atoms with E-state index in [0.717, 1.165) is 25.1 Å². The van der Waals surface area contributed by atoms with Crippen LogP contribution in [-0.2, 0) is 11.2 Å². The van der Waals surface area contributed by atoms with Crippen molar-refractivity contribution in [1.82, 2.24) is 9.55 Å². The number of nitrogen functional groups attached to an aromatic ring is 1. The van der Waals surface area contributed by atoms with Gasteiger partial charge < -0.3 is 15.0 Å². The summed E-state index contributed by atoms with van der Waals surface area (Å²) in [5.41, 5.74) is 6.43. The second kappa shape index (κ2) is 6.52. The summed E-state index contributed by atoms with van der Waals surface area (Å²) in [6.45, 7) is 2.04. The third kappa shape index (κ3) is 2.80. The topological polar surface area (TPSA) is 70.1 Å². The fraction of sp³-hybridized carbons (Fsp3) is 0.714. The van der Waals surface area contributed by atoms with Crippen molar-refractivity contribution in [3.8, 4) is 0 Å². The van der Waals surface area contributed by atoms with Crippen LogP contribution in [0.2, 0.25) is 0 Å². The maximum Gasteiger partial charge on any atom is 0.360 e. The number of hydrogen-bond acceptors (Lipinski definition) is 5. The lowest BCUT2D eigenvalue weighted by atomic mass is 9.94. The molecular weight excluding hydrogens is 274 g/mol. The summed E-state index contributed by atoms with van der Waals surface area (Å²) < 4.78 is 6.82. The van der Waals surface area contributed by atoms with Crippen LogP contribution < -0.4 is 5.73 Å². The van der Waals surface area contributed by atoms with Gasteiger partial charge in [0, 0.05) is 17.7 Å². The highest BCUT2D eigenvalue weighted by molar-refractivity contribution is 7.99. The van der Waals surface area contributed by atoms with E-state index in [1.807, 2.05) is 18.7 Å². The van der Waals surface area contributed by atoms with Crippen LogP contribution in [0.3, 0.4) is 0 Å². The third-order valence-electron chi connectivity index (χ3n) is 4.01. The molecule has 1 aromatic heterocycles. The minimum absolute atomic E-state index is 0.260. The summed E-state index contributed by atoms with van der Waals surface area (Å²) in [5.74, 6) is 0.892. The maximum absolute atomic E-state index is 11.7. The number of esters is 1. The minimum Gasteiger partial charge on any atom is -0.464 e. The van der Waals surface area contributed by atoms with Crippen molar-refractivity contribution in [2.45, 2.75) is 50.3 Å². The smallest absolute Gasteiger partial charge is 0.360 e. The molecule has 112 valence electrons. The second-order valence-electron chi connectivity index (χ2n) is 5.16. The molecule has 1 heterocycles. The SMILES string of the molecule is CCc1nc(C(=O)OC)c(N)n1C1CCCC(SC)C1. The van der Waals surface area contributed by atoms with E-state index in [1.165, 1.54) is 20.0 Å². The van der Waals surface area contributed by atoms with E-state index in [0.29, 0.717) is 17.1 Å². The number of ether oxygens (including phenoxy) is 1. The van der Waals surface area contributed by atoms with Gasteiger partial charge in [0.15, 0.2) is 5.69 Å². The van der Waals surface area contributed by atoms with Crippen molar-refractivity contribution in [3.63, 3.8) is 0 Å². The van der Waals surface area contributed by atoms with Gasteiger partial charge in [0.1, 0.15) is 11.6 Å². The van der Waals surface area contributed by atoms with E-state index >= 15 is 0 Å². The van der Waals surface area contributed by atoms with Crippen molar-refractivity contribution >= 4 is 23.5 Å². The Labute approximate surface area is 124 Å². The van der Waals surface area contributed by atoms with E-state index in [-0.39, 0.29) is 5.69 Å². The van der Waals surface area contributed by atoms with Gasteiger partial charge in [-0.15, -0.1) is 0 Å². The standard InChI is InChI=1S/C14H23N3O2S/c1-4-11-16-12(14(18)19-2)13(15)17(11)9-6-5-7-10(8-9)20-3/h9-10H,4-8,15H2,1-3H3. The van der Waals surface area contributed by atoms with Crippen LogP contribution in [0.4, 0.5) is 5.82 Å². The monoisotopic (exact) mass is 297 g/mol. The number of carbonyl (C=O) groups is 1. The van der Waals surface area contributed by atoms with Gasteiger partial charge in [0.05, 0.1) is 7.11 Å². The predicted octanol–water partition coefficient (Wildman–Crippen LogP) is 2.66. The van der Waals surface area contributed by atoms with E-state index in [1.54, 1.807) is 0 Å². The number of methoxy groups -OCH3 is 1. The first kappa shape index (κ1) is 15.2. The van der Waals surface area contributed by atoms with Crippen molar-refractivity contribution < 1.29 is 9.53 Å². The Balaban J connectivity index is 2.34. The lowest BCUT2D eigenvalue weighted by molar-refractivity contribution is 0.0595. The highest BCUT2D eigenvalue weighted by Crippen LogP contribution is 2.37. The molecular formula is C14H23N3O2S. The zero-order valence-electron chi connectivity index (χ0n) is 12.4. The Morgan fingerprint density at radius 3 is 2.90 bits per heavy atom. The molecule has 2 atom stereocenters. The Morgan fingerprint density at radius 1 is 1.55 bits per heavy atom. The van der Waals surface area contributed by atoms with Gasteiger partial charge >= 0.3 is 5.97 Å². The van der Waals surface area contributed by atoms with Gasteiger partial charge in [-0.25, -0.2) is 9.78 Å². The molecule has 0 bridgehead atoms. The number of carbonyl (C=O) groups excluding carboxylic acids is 1. The van der Waals surface area contributed by atoms with Crippen molar-refractivity contribution in [1.29, 1.82) is 0 Å². The van der Waals surface area contributed by atoms with E-state index in [4.69, 9.17) is 10.5 Å². The molecule has 0 radical (unpaired) electrons. The van der Waals surface area contributed by atoms with E-state index < -0.39 is 5.97 Å². The Morgan fingerprint density at radius 2 is 2.30 bits per heavy atom. The Hall–Kier alpha value is -1.17. The number of nitrogens with zero attached hydrogens (tertiary/aromatic N) is 2. The fourth-order valence-electron chi connectivity index (χ4n) is 2.97. The summed E-state index contributed by atoms with van der Waals surface area (Å²) in [4.78, 5) is 16.1. The van der Waals surface area contributed by atoms with Crippen LogP contribution >= 0.6 is 11.8 Å². The predicted molar refractivity (Wildman–Crippen MR) is 82.2 cm³/mol. The maximum atomic E-state index is 11.7. The van der Waals surface area contributed by atoms with Crippen LogP contribution in [0.25, 0.3) is 0 Å². The molecule has 2 N–H and O–H groups in total. The lowest BCUT2D eigenvalue weighted by Crippen LogP contribution is -2.23. The normalized spacial score (nSPS) is 22.8. The average Bonchev–Trinajstić information content (AvgIpc) is 2.83. The van der Waals surface area contributed by atoms with Crippen LogP contribution in [-0.4, -0.2) is 34.1 Å². The first-order valence-corrected chi connectivity index (χ1v) is 8.38. The van der Waals surface area contributed by atoms with Gasteiger partial charge in [-0.3, -0.25) is 0 Å². The molecule has 0 aliphatic heterocycles. The molecule has 1 aromatic rings. The zero-order valence-corrected chi connectivity index (χ0v) is 13.2. The van der Waals surface area contributed by atoms with Gasteiger partial charge in [-0.2, -0.15) is 11.8 Å². The zero-order chi connectivity index (χ0) is 14.7. The van der Waals surface area contributed by atoms with Gasteiger partial charge in [0.25, 0.3) is 0 Å². The van der Waals surface area contributed by atoms with Crippen LogP contribution in [0.15, 0.2) is 0 Å². The first-order chi connectivity index (χ1) is 9.62. The fourth-order valence-corrected chi connectivity index (χ4v) is 3.78. The number of imidazole rings is 1. The highest BCUT2D eigenvalue weighted by Gasteiger charge is 2.28. The number of nitrogens with two attached hydrogens (primary N) is 1. The quantitative estimate of drug-likeness (QED) is 0.865. The third-order valence-corrected chi connectivity index (χ3v) is 5.11. The molecule has 5 nitrogen and oxygen atoms in total. The molecule has 1 aliphatic carbocycles. The van der Waals surface area contributed by atoms with Gasteiger partial charge in [-0.1, -0.05) is 13.3 Å². The summed E-state index contributed by atoms with van der Waals surface area (Å²) in [7, 11) is 1.36. The largest absolute Gasteiger partial charge is 0.464 e. The van der Waals surface area contributed by atoms with Crippen LogP contribution in [0.1, 0.15) is 55.0 Å². The van der Waals surface area contributed by atoms with Gasteiger partial charge in [-0.05, 0) is 25.5 Å². The molecule has 20 heavy (non-hydrogen) atoms. The lowest BCUT2D eigenvalue weighted by Gasteiger charge is -2.30. The number of rotatable bonds is 4. The number of aromatic nitrogens is 2. The molecule has 2 rings (SSSR count). The van der Waals surface area contributed by atoms with E-state index in [9.17, 15) is 4.79 Å². The minimum atomic E-state index is -0.451. The van der Waals surface area contributed by atoms with Gasteiger partial charge in [0.2, 0.25) is 0 Å². The number of anilines is 1. The number of thioether (sulfide) groups is 1. The van der Waals surface area contributed by atoms with Crippen LogP contribution in [0, 0.1) is 0 Å². The van der Waals surface area contributed by atoms with Crippen molar-refractivity contribution in [2.75, 3.05) is 19.1 Å². The molecule has 0 spiro atoms. The number of aryl methyl sites for hydroxylation is 1. The second-order valence-corrected chi connectivity index (χ2v) is 6.29. The molecule has 1 fully saturated rings. The Kier molecular flexibility index (Phi) is 4.96. The van der Waals surface area contributed by atoms with Crippen LogP contribution in [0.5, 0.6) is 0 Å². The molecule has 0 saturated heterocycles. The Bertz CT molecular complexity index is 487. The molecule has 1 saturated carbocycles. The number of hydrogen-bond donors (Lipinski definition) is 1. The summed E-state index contributed by atoms with van der Waals surface area (Å²) in [5, 5.41) is 0.668. The summed E-state index contributed by atoms with van der Waals surface area (Å²) >= 11 is 1.91. The van der Waals surface area contributed by atoms with Crippen molar-refractivity contribution in [2.24, 2.45) is 0 Å². The average molecular weight is 297 g/mol. The van der Waals surface area contributed by atoms with E-state index in [2.05, 4.69) is 15.8 Å². The summed E-state index contributed by atoms with van der Waals surface area (Å²) in [6, 6.07) is 0.349. The molecule has 0 aromatic carbocycles.